The molecule has 0 aliphatic carbocycles. The molecule has 128 valence electrons. The van der Waals surface area contributed by atoms with Crippen molar-refractivity contribution in [2.75, 3.05) is 19.1 Å². The van der Waals surface area contributed by atoms with Gasteiger partial charge in [0, 0.05) is 25.8 Å². The molecule has 0 aromatic heterocycles. The molecule has 1 amide bonds. The van der Waals surface area contributed by atoms with Gasteiger partial charge in [-0.15, -0.1) is 11.6 Å². The van der Waals surface area contributed by atoms with Crippen molar-refractivity contribution in [3.63, 3.8) is 0 Å². The maximum Gasteiger partial charge on any atom is 0.387 e. The molecule has 0 N–H and O–H groups in total. The Balaban J connectivity index is 2.16. The van der Waals surface area contributed by atoms with E-state index in [1.54, 1.807) is 24.0 Å². The van der Waals surface area contributed by atoms with E-state index >= 15 is 0 Å². The fraction of sp³-hybridized carbons (Fsp3) is 0.562. The Morgan fingerprint density at radius 3 is 2.74 bits per heavy atom. The fourth-order valence-corrected chi connectivity index (χ4v) is 2.81. The highest BCUT2D eigenvalue weighted by atomic mass is 35.5. The number of benzene rings is 1. The van der Waals surface area contributed by atoms with Crippen molar-refractivity contribution >= 4 is 17.5 Å². The molecule has 1 aliphatic rings. The lowest BCUT2D eigenvalue weighted by atomic mass is 10.0. The van der Waals surface area contributed by atoms with E-state index in [0.717, 1.165) is 18.4 Å². The largest absolute Gasteiger partial charge is 0.435 e. The van der Waals surface area contributed by atoms with Crippen LogP contribution in [0.5, 0.6) is 5.75 Å². The van der Waals surface area contributed by atoms with Gasteiger partial charge in [0.05, 0.1) is 0 Å². The average Bonchev–Trinajstić information content (AvgIpc) is 2.55. The molecule has 1 aromatic carbocycles. The van der Waals surface area contributed by atoms with E-state index < -0.39 is 6.61 Å². The topological polar surface area (TPSA) is 38.8 Å². The lowest BCUT2D eigenvalue weighted by Crippen LogP contribution is -2.43. The van der Waals surface area contributed by atoms with Crippen molar-refractivity contribution in [3.8, 4) is 5.75 Å². The van der Waals surface area contributed by atoms with Crippen LogP contribution in [0.2, 0.25) is 0 Å². The monoisotopic (exact) mass is 347 g/mol. The number of aryl methyl sites for hydroxylation is 1. The summed E-state index contributed by atoms with van der Waals surface area (Å²) in [5, 5.41) is 0. The molecule has 2 rings (SSSR count). The van der Waals surface area contributed by atoms with Crippen LogP contribution in [0.25, 0.3) is 0 Å². The summed E-state index contributed by atoms with van der Waals surface area (Å²) >= 11 is 5.71. The van der Waals surface area contributed by atoms with Crippen LogP contribution in [0.3, 0.4) is 0 Å². The first-order chi connectivity index (χ1) is 11.0. The second kappa shape index (κ2) is 8.45. The number of hydrogen-bond acceptors (Lipinski definition) is 3. The number of carbonyl (C=O) groups is 1. The maximum atomic E-state index is 12.5. The number of rotatable bonds is 6. The highest BCUT2D eigenvalue weighted by Crippen LogP contribution is 2.24. The van der Waals surface area contributed by atoms with Crippen LogP contribution in [-0.4, -0.2) is 42.6 Å². The Morgan fingerprint density at radius 2 is 2.13 bits per heavy atom. The number of hydrogen-bond donors (Lipinski definition) is 0. The molecule has 23 heavy (non-hydrogen) atoms. The summed E-state index contributed by atoms with van der Waals surface area (Å²) in [6, 6.07) is 5.12. The minimum Gasteiger partial charge on any atom is -0.435 e. The molecule has 0 unspecified atom stereocenters. The van der Waals surface area contributed by atoms with Crippen LogP contribution in [0.15, 0.2) is 18.2 Å². The van der Waals surface area contributed by atoms with Gasteiger partial charge in [-0.2, -0.15) is 8.78 Å². The highest BCUT2D eigenvalue weighted by Gasteiger charge is 2.25. The summed E-state index contributed by atoms with van der Waals surface area (Å²) in [7, 11) is 0. The molecule has 4 nitrogen and oxygen atoms in total. The van der Waals surface area contributed by atoms with Gasteiger partial charge in [-0.1, -0.05) is 12.1 Å². The van der Waals surface area contributed by atoms with Gasteiger partial charge in [-0.25, -0.2) is 0 Å². The van der Waals surface area contributed by atoms with E-state index in [1.165, 1.54) is 0 Å². The second-order valence-electron chi connectivity index (χ2n) is 5.48. The highest BCUT2D eigenvalue weighted by molar-refractivity contribution is 6.27. The minimum atomic E-state index is -2.87. The molecule has 0 atom stereocenters. The first kappa shape index (κ1) is 17.9. The van der Waals surface area contributed by atoms with Gasteiger partial charge in [-0.05, 0) is 37.0 Å². The van der Waals surface area contributed by atoms with Gasteiger partial charge in [0.25, 0.3) is 0 Å². The number of halogens is 3. The van der Waals surface area contributed by atoms with Gasteiger partial charge in [0.2, 0.25) is 5.91 Å². The molecule has 1 aromatic rings. The molecule has 0 saturated carbocycles. The zero-order valence-corrected chi connectivity index (χ0v) is 13.7. The van der Waals surface area contributed by atoms with Crippen molar-refractivity contribution in [1.82, 2.24) is 4.90 Å². The zero-order chi connectivity index (χ0) is 16.8. The SMILES string of the molecule is Cc1ccc(CN(C(=O)CCl)C2CCOCC2)cc1OC(F)F. The number of alkyl halides is 3. The summed E-state index contributed by atoms with van der Waals surface area (Å²) in [5.74, 6) is -0.151. The van der Waals surface area contributed by atoms with Crippen LogP contribution >= 0.6 is 11.6 Å². The first-order valence-corrected chi connectivity index (χ1v) is 8.02. The summed E-state index contributed by atoms with van der Waals surface area (Å²) in [5.41, 5.74) is 1.35. The zero-order valence-electron chi connectivity index (χ0n) is 12.9. The number of ether oxygens (including phenoxy) is 2. The lowest BCUT2D eigenvalue weighted by molar-refractivity contribution is -0.133. The number of nitrogens with zero attached hydrogens (tertiary/aromatic N) is 1. The Bertz CT molecular complexity index is 536. The third kappa shape index (κ3) is 5.04. The first-order valence-electron chi connectivity index (χ1n) is 7.48. The number of carbonyl (C=O) groups excluding carboxylic acids is 1. The molecule has 1 aliphatic heterocycles. The fourth-order valence-electron chi connectivity index (χ4n) is 2.66. The van der Waals surface area contributed by atoms with Crippen LogP contribution in [0.4, 0.5) is 8.78 Å². The van der Waals surface area contributed by atoms with Gasteiger partial charge in [-0.3, -0.25) is 4.79 Å². The van der Waals surface area contributed by atoms with Crippen molar-refractivity contribution in [2.45, 2.75) is 39.0 Å². The van der Waals surface area contributed by atoms with Gasteiger partial charge >= 0.3 is 6.61 Å². The third-order valence-corrected chi connectivity index (χ3v) is 4.12. The van der Waals surface area contributed by atoms with E-state index in [1.807, 2.05) is 6.07 Å². The molecule has 0 bridgehead atoms. The molecule has 7 heteroatoms. The lowest BCUT2D eigenvalue weighted by Gasteiger charge is -2.34. The summed E-state index contributed by atoms with van der Waals surface area (Å²) in [6.45, 7) is 0.340. The Kier molecular flexibility index (Phi) is 6.59. The molecular weight excluding hydrogens is 328 g/mol. The average molecular weight is 348 g/mol. The van der Waals surface area contributed by atoms with Crippen molar-refractivity contribution in [2.24, 2.45) is 0 Å². The van der Waals surface area contributed by atoms with E-state index in [-0.39, 0.29) is 23.6 Å². The Morgan fingerprint density at radius 1 is 1.43 bits per heavy atom. The van der Waals surface area contributed by atoms with Crippen molar-refractivity contribution < 1.29 is 23.0 Å². The molecule has 1 saturated heterocycles. The third-order valence-electron chi connectivity index (χ3n) is 3.89. The summed E-state index contributed by atoms with van der Waals surface area (Å²) in [6.07, 6.45) is 1.49. The van der Waals surface area contributed by atoms with Crippen LogP contribution in [0, 0.1) is 6.92 Å². The Hall–Kier alpha value is -1.40. The predicted molar refractivity (Wildman–Crippen MR) is 82.9 cm³/mol. The Labute approximate surface area is 139 Å². The van der Waals surface area contributed by atoms with Crippen LogP contribution in [0.1, 0.15) is 24.0 Å². The van der Waals surface area contributed by atoms with Gasteiger partial charge in [0.1, 0.15) is 11.6 Å². The normalized spacial score (nSPS) is 15.7. The second-order valence-corrected chi connectivity index (χ2v) is 5.74. The molecule has 0 spiro atoms. The van der Waals surface area contributed by atoms with Gasteiger partial charge in [0.15, 0.2) is 0 Å². The van der Waals surface area contributed by atoms with Crippen molar-refractivity contribution in [3.05, 3.63) is 29.3 Å². The summed E-state index contributed by atoms with van der Waals surface area (Å²) < 4.78 is 34.7. The summed E-state index contributed by atoms with van der Waals surface area (Å²) in [4.78, 5) is 13.8. The minimum absolute atomic E-state index is 0.0516. The number of amides is 1. The van der Waals surface area contributed by atoms with Crippen LogP contribution < -0.4 is 4.74 Å². The molecule has 0 radical (unpaired) electrons. The smallest absolute Gasteiger partial charge is 0.387 e. The van der Waals surface area contributed by atoms with E-state index in [4.69, 9.17) is 16.3 Å². The maximum absolute atomic E-state index is 12.5. The molecule has 1 fully saturated rings. The predicted octanol–water partition coefficient (Wildman–Crippen LogP) is 3.34. The van der Waals surface area contributed by atoms with Gasteiger partial charge < -0.3 is 14.4 Å². The van der Waals surface area contributed by atoms with E-state index in [2.05, 4.69) is 4.74 Å². The van der Waals surface area contributed by atoms with E-state index in [9.17, 15) is 13.6 Å². The molecular formula is C16H20ClF2NO3. The quantitative estimate of drug-likeness (QED) is 0.741. The molecule has 1 heterocycles. The van der Waals surface area contributed by atoms with Crippen molar-refractivity contribution in [1.29, 1.82) is 0 Å². The van der Waals surface area contributed by atoms with Crippen LogP contribution in [-0.2, 0) is 16.1 Å². The standard InChI is InChI=1S/C16H20ClF2NO3/c1-11-2-3-12(8-14(11)23-16(18)19)10-20(15(21)9-17)13-4-6-22-7-5-13/h2-3,8,13,16H,4-7,9-10H2,1H3. The van der Waals surface area contributed by atoms with E-state index in [0.29, 0.717) is 25.3 Å².